The number of fused-ring (bicyclic) bond motifs is 13. The molecule has 9 heterocycles. The van der Waals surface area contributed by atoms with E-state index in [0.717, 1.165) is 119 Å². The van der Waals surface area contributed by atoms with E-state index in [4.69, 9.17) is 30.0 Å². The lowest BCUT2D eigenvalue weighted by Gasteiger charge is -2.37. The summed E-state index contributed by atoms with van der Waals surface area (Å²) in [7, 11) is 0. The van der Waals surface area contributed by atoms with Crippen molar-refractivity contribution >= 4 is 57.4 Å². The Hall–Kier alpha value is -8.92. The first kappa shape index (κ1) is 68.2. The van der Waals surface area contributed by atoms with Crippen LogP contribution in [0, 0.1) is 67.0 Å². The number of H-pyrrole nitrogens is 1. The maximum absolute atomic E-state index is 12.3. The van der Waals surface area contributed by atoms with Gasteiger partial charge in [0.2, 0.25) is 71.7 Å². The highest BCUT2D eigenvalue weighted by Gasteiger charge is 2.65. The monoisotopic (exact) mass is 1390 g/mol. The number of aromatic amines is 1. The van der Waals surface area contributed by atoms with Crippen molar-refractivity contribution < 1.29 is 39.1 Å². The molecule has 538 valence electrons. The molecule has 4 aromatic rings. The highest BCUT2D eigenvalue weighted by Crippen LogP contribution is 2.69. The van der Waals surface area contributed by atoms with Crippen LogP contribution in [0.4, 0.5) is 0 Å². The van der Waals surface area contributed by atoms with Crippen LogP contribution >= 0.6 is 0 Å². The first-order valence-corrected chi connectivity index (χ1v) is 38.7. The number of aromatic nitrogens is 4. The molecule has 0 aromatic carbocycles. The third kappa shape index (κ3) is 10.4. The standard InChI is InChI=1S/C88H102N12O4/c1-81(2)53-33-37-85(81,9)69(45-53)93-73(101)49-97-41-17-13-21-65(97)77-57-25-27-59(89-57)78(66-22-14-18-42-98(66)50-74(102)94-70-46-54-34-38-86(70,10)82(54,3)4)61-29-31-63(91-61)80(68-24-16-20-44-100(68)52-76(104)96-72-48-56-36-40-88(72,12)84(56,7)8)64-32-30-62(92-64)79(60-28-26-58(77)90-60)67-23-15-19-43-99(67)51-75(103)95-71-47-55-35-39-87(71,11)83(55,5)6/h13-32,41-44,53-56,69-72H,33-40,45-52H2,1-12H3,(H2-3,89,90,91,92,93,94,95,96,101,102,103,104)/p+4/t53-,54-,55-,56-,69+,70+,71+,72+,85+,86+,87+,88+/m0/s1. The van der Waals surface area contributed by atoms with Crippen LogP contribution in [0.1, 0.15) is 189 Å². The van der Waals surface area contributed by atoms with E-state index >= 15 is 0 Å². The molecule has 0 amide bonds. The van der Waals surface area contributed by atoms with Crippen molar-refractivity contribution in [1.82, 2.24) is 9.88 Å². The Morgan fingerprint density at radius 1 is 0.452 bits per heavy atom. The van der Waals surface area contributed by atoms with Crippen molar-refractivity contribution in [3.05, 3.63) is 203 Å². The molecule has 13 aliphatic rings. The van der Waals surface area contributed by atoms with Gasteiger partial charge in [0, 0.05) is 54.8 Å². The summed E-state index contributed by atoms with van der Waals surface area (Å²) < 4.78 is 6.27. The molecule has 12 atom stereocenters. The highest BCUT2D eigenvalue weighted by molar-refractivity contribution is 6.34. The van der Waals surface area contributed by atoms with Gasteiger partial charge in [-0.3, -0.25) is 4.99 Å². The summed E-state index contributed by atoms with van der Waals surface area (Å²) in [6.45, 7) is 29.2. The lowest BCUT2D eigenvalue weighted by atomic mass is 9.69. The molecule has 0 radical (unpaired) electrons. The molecule has 5 aliphatic heterocycles. The van der Waals surface area contributed by atoms with Crippen LogP contribution in [0.5, 0.6) is 0 Å². The van der Waals surface area contributed by atoms with Crippen molar-refractivity contribution in [3.63, 3.8) is 0 Å². The zero-order chi connectivity index (χ0) is 72.4. The number of rotatable bonds is 15. The molecule has 16 bridgehead atoms. The molecule has 0 spiro atoms. The average Bonchev–Trinajstić information content (AvgIpc) is 1.58. The van der Waals surface area contributed by atoms with Crippen LogP contribution in [0.25, 0.3) is 16.7 Å². The van der Waals surface area contributed by atoms with E-state index in [-0.39, 0.29) is 117 Å². The number of nitrogens with one attached hydrogen (secondary N) is 2. The minimum absolute atomic E-state index is 0.0128. The molecule has 104 heavy (non-hydrogen) atoms. The molecule has 8 saturated carbocycles. The Balaban J connectivity index is 0.853. The number of aliphatic hydroxyl groups excluding tert-OH is 4. The first-order valence-electron chi connectivity index (χ1n) is 38.7. The van der Waals surface area contributed by atoms with Gasteiger partial charge in [-0.25, -0.2) is 30.0 Å². The minimum atomic E-state index is -0.0159. The number of hydrogen-bond acceptors (Lipinski definition) is 7. The molecule has 6 N–H and O–H groups in total. The second-order valence-electron chi connectivity index (χ2n) is 36.0. The van der Waals surface area contributed by atoms with E-state index in [9.17, 15) is 20.4 Å². The Morgan fingerprint density at radius 2 is 0.837 bits per heavy atom. The SMILES string of the molecule is CC1(C)[C@H]2CC[C@]1(C)[C@H](N=C(O)CN1C=CC=CC1=C1C3=NC(=C(c4cccc[n+]4CC(O)=N[C@@H]4C[C@@H]5CC[C@@]4(C)C5(C)C)c4ccc([nH]4)C(c4cccc[n+]4CC(O)=N[C@@H]4C[C@@H]5CC[C@@]4(C)C5(C)C)=C4C=CC(=N4)C(c4cccc[n+]4CC(O)=N[C@@H]4C[C@@H]5CC[C@@]4(C)C5(C)C)=C4C=CC1=[NH+]4)C=C3)C2. The van der Waals surface area contributed by atoms with Gasteiger partial charge in [-0.05, 0) is 211 Å². The zero-order valence-electron chi connectivity index (χ0n) is 63.0. The summed E-state index contributed by atoms with van der Waals surface area (Å²) >= 11 is 0. The van der Waals surface area contributed by atoms with Gasteiger partial charge >= 0.3 is 0 Å². The molecular weight excluding hydrogens is 1290 g/mol. The van der Waals surface area contributed by atoms with Crippen molar-refractivity contribution in [1.29, 1.82) is 0 Å². The van der Waals surface area contributed by atoms with E-state index in [1.807, 2.05) is 73.3 Å². The number of aliphatic hydroxyl groups is 4. The van der Waals surface area contributed by atoms with Crippen molar-refractivity contribution in [3.8, 4) is 0 Å². The van der Waals surface area contributed by atoms with Crippen LogP contribution in [-0.2, 0) is 19.6 Å². The number of aliphatic imine (C=N–C) groups is 6. The molecule has 17 rings (SSSR count). The highest BCUT2D eigenvalue weighted by atomic mass is 16.3. The Kier molecular flexibility index (Phi) is 15.9. The summed E-state index contributed by atoms with van der Waals surface area (Å²) in [5, 5.41) is 49.1. The van der Waals surface area contributed by atoms with E-state index in [2.05, 4.69) is 185 Å². The molecule has 16 nitrogen and oxygen atoms in total. The summed E-state index contributed by atoms with van der Waals surface area (Å²) in [6.07, 6.45) is 39.9. The fourth-order valence-corrected chi connectivity index (χ4v) is 22.6. The van der Waals surface area contributed by atoms with Crippen LogP contribution in [-0.4, -0.2) is 102 Å². The lowest BCUT2D eigenvalue weighted by Crippen LogP contribution is -2.69. The molecule has 0 unspecified atom stereocenters. The molecule has 4 aromatic heterocycles. The topological polar surface area (TPSA) is 200 Å². The first-order chi connectivity index (χ1) is 49.6. The second kappa shape index (κ2) is 24.3. The van der Waals surface area contributed by atoms with Gasteiger partial charge in [0.05, 0.1) is 87.3 Å². The smallest absolute Gasteiger partial charge is 0.249 e. The molecule has 8 fully saturated rings. The van der Waals surface area contributed by atoms with Crippen LogP contribution < -0.4 is 18.7 Å². The third-order valence-corrected chi connectivity index (χ3v) is 31.0. The molecule has 8 aliphatic carbocycles. The van der Waals surface area contributed by atoms with Crippen molar-refractivity contribution in [2.45, 2.75) is 204 Å². The van der Waals surface area contributed by atoms with Gasteiger partial charge in [-0.1, -0.05) is 89.2 Å². The minimum Gasteiger partial charge on any atom is -0.495 e. The predicted octanol–water partition coefficient (Wildman–Crippen LogP) is 14.3. The molecular formula is C88H106N12O4+4. The van der Waals surface area contributed by atoms with Crippen molar-refractivity contribution in [2.75, 3.05) is 6.54 Å². The third-order valence-electron chi connectivity index (χ3n) is 31.0. The van der Waals surface area contributed by atoms with Gasteiger partial charge in [-0.2, -0.15) is 13.7 Å². The lowest BCUT2D eigenvalue weighted by molar-refractivity contribution is -0.685. The van der Waals surface area contributed by atoms with Gasteiger partial charge in [0.15, 0.2) is 18.6 Å². The number of allylic oxidation sites excluding steroid dienone is 11. The maximum Gasteiger partial charge on any atom is 0.249 e. The fraction of sp³-hybridized carbons (Fsp3) is 0.500. The maximum atomic E-state index is 12.3. The van der Waals surface area contributed by atoms with Gasteiger partial charge in [-0.15, -0.1) is 0 Å². The zero-order valence-corrected chi connectivity index (χ0v) is 63.0. The number of hydrogen-bond donors (Lipinski definition) is 6. The van der Waals surface area contributed by atoms with Gasteiger partial charge in [0.1, 0.15) is 5.57 Å². The van der Waals surface area contributed by atoms with Crippen LogP contribution in [0.15, 0.2) is 205 Å². The van der Waals surface area contributed by atoms with Gasteiger partial charge in [0.25, 0.3) is 0 Å². The van der Waals surface area contributed by atoms with Crippen LogP contribution in [0.2, 0.25) is 0 Å². The Labute approximate surface area is 613 Å². The number of nitrogens with zero attached hydrogens (tertiary/aromatic N) is 10. The Morgan fingerprint density at radius 3 is 1.22 bits per heavy atom. The predicted molar refractivity (Wildman–Crippen MR) is 412 cm³/mol. The summed E-state index contributed by atoms with van der Waals surface area (Å²) in [5.74, 6) is 2.62. The largest absolute Gasteiger partial charge is 0.495 e. The second-order valence-corrected chi connectivity index (χ2v) is 36.0. The molecule has 16 heteroatoms. The number of pyridine rings is 3. The van der Waals surface area contributed by atoms with E-state index < -0.39 is 0 Å². The quantitative estimate of drug-likeness (QED) is 0.0390. The van der Waals surface area contributed by atoms with Crippen LogP contribution in [0.3, 0.4) is 0 Å². The van der Waals surface area contributed by atoms with Crippen molar-refractivity contribution in [2.24, 2.45) is 96.9 Å². The molecule has 0 saturated heterocycles. The van der Waals surface area contributed by atoms with E-state index in [0.29, 0.717) is 46.5 Å². The van der Waals surface area contributed by atoms with Gasteiger partial charge < -0.3 is 30.3 Å². The summed E-state index contributed by atoms with van der Waals surface area (Å²) in [5.41, 5.74) is 12.7. The normalized spacial score (nSPS) is 34.4. The Bertz CT molecular complexity index is 4850. The van der Waals surface area contributed by atoms with E-state index in [1.54, 1.807) is 0 Å². The fourth-order valence-electron chi connectivity index (χ4n) is 22.6. The average molecular weight is 1400 g/mol. The van der Waals surface area contributed by atoms with E-state index in [1.165, 1.54) is 25.7 Å². The summed E-state index contributed by atoms with van der Waals surface area (Å²) in [6, 6.07) is 22.7. The summed E-state index contributed by atoms with van der Waals surface area (Å²) in [4.78, 5) is 42.5.